The number of hydrogen-bond donors (Lipinski definition) is 1. The van der Waals surface area contributed by atoms with Crippen molar-refractivity contribution >= 4 is 11.4 Å². The number of alkyl halides is 3. The van der Waals surface area contributed by atoms with Crippen LogP contribution >= 0.6 is 0 Å². The summed E-state index contributed by atoms with van der Waals surface area (Å²) in [7, 11) is 1.37. The molecule has 8 heteroatoms. The molecule has 19 heavy (non-hydrogen) atoms. The Labute approximate surface area is 107 Å². The molecule has 5 nitrogen and oxygen atoms in total. The van der Waals surface area contributed by atoms with Gasteiger partial charge in [0.15, 0.2) is 0 Å². The van der Waals surface area contributed by atoms with Crippen molar-refractivity contribution in [1.29, 1.82) is 0 Å². The summed E-state index contributed by atoms with van der Waals surface area (Å²) in [5.41, 5.74) is -0.295. The third-order valence-electron chi connectivity index (χ3n) is 2.34. The quantitative estimate of drug-likeness (QED) is 0.662. The molecule has 1 N–H and O–H groups in total. The maximum Gasteiger partial charge on any atom is 0.391 e. The van der Waals surface area contributed by atoms with Crippen molar-refractivity contribution in [1.82, 2.24) is 0 Å². The Hall–Kier alpha value is -1.99. The average Bonchev–Trinajstić information content (AvgIpc) is 2.25. The fourth-order valence-electron chi connectivity index (χ4n) is 1.58. The molecule has 106 valence electrons. The molecule has 1 unspecified atom stereocenters. The Morgan fingerprint density at radius 3 is 2.58 bits per heavy atom. The summed E-state index contributed by atoms with van der Waals surface area (Å²) in [4.78, 5) is 10.1. The first-order chi connectivity index (χ1) is 8.73. The first-order valence-corrected chi connectivity index (χ1v) is 5.38. The molecule has 1 rings (SSSR count). The highest BCUT2D eigenvalue weighted by Gasteiger charge is 2.30. The number of methoxy groups -OCH3 is 1. The van der Waals surface area contributed by atoms with E-state index < -0.39 is 23.6 Å². The van der Waals surface area contributed by atoms with E-state index in [2.05, 4.69) is 5.32 Å². The predicted molar refractivity (Wildman–Crippen MR) is 63.4 cm³/mol. The summed E-state index contributed by atoms with van der Waals surface area (Å²) >= 11 is 0. The highest BCUT2D eigenvalue weighted by molar-refractivity contribution is 5.64. The normalized spacial score (nSPS) is 12.9. The number of hydrogen-bond acceptors (Lipinski definition) is 4. The van der Waals surface area contributed by atoms with Gasteiger partial charge in [0.05, 0.1) is 18.5 Å². The van der Waals surface area contributed by atoms with Crippen LogP contribution in [0.1, 0.15) is 13.3 Å². The standard InChI is InChI=1S/C11H13F3N2O3/c1-7(6-11(12,13)14)15-9-5-8(19-2)3-4-10(9)16(17)18/h3-5,7,15H,6H2,1-2H3. The minimum atomic E-state index is -4.33. The number of anilines is 1. The van der Waals surface area contributed by atoms with Gasteiger partial charge in [-0.3, -0.25) is 10.1 Å². The zero-order chi connectivity index (χ0) is 14.6. The van der Waals surface area contributed by atoms with E-state index in [4.69, 9.17) is 4.74 Å². The topological polar surface area (TPSA) is 64.4 Å². The lowest BCUT2D eigenvalue weighted by atomic mass is 10.2. The Morgan fingerprint density at radius 1 is 1.47 bits per heavy atom. The first kappa shape index (κ1) is 15.1. The number of rotatable bonds is 5. The Morgan fingerprint density at radius 2 is 2.11 bits per heavy atom. The Kier molecular flexibility index (Phi) is 4.57. The van der Waals surface area contributed by atoms with Gasteiger partial charge in [0.1, 0.15) is 11.4 Å². The SMILES string of the molecule is COc1ccc([N+](=O)[O-])c(NC(C)CC(F)(F)F)c1. The van der Waals surface area contributed by atoms with Crippen LogP contribution < -0.4 is 10.1 Å². The van der Waals surface area contributed by atoms with Crippen molar-refractivity contribution in [3.63, 3.8) is 0 Å². The van der Waals surface area contributed by atoms with Crippen LogP contribution in [0.25, 0.3) is 0 Å². The van der Waals surface area contributed by atoms with Crippen LogP contribution in [-0.4, -0.2) is 24.3 Å². The Balaban J connectivity index is 2.94. The molecule has 0 heterocycles. The number of halogens is 3. The van der Waals surface area contributed by atoms with Gasteiger partial charge in [-0.2, -0.15) is 13.2 Å². The van der Waals surface area contributed by atoms with Gasteiger partial charge < -0.3 is 10.1 Å². The van der Waals surface area contributed by atoms with Gasteiger partial charge in [0, 0.05) is 18.2 Å². The summed E-state index contributed by atoms with van der Waals surface area (Å²) in [6, 6.07) is 2.87. The van der Waals surface area contributed by atoms with Gasteiger partial charge >= 0.3 is 6.18 Å². The van der Waals surface area contributed by atoms with Crippen molar-refractivity contribution in [2.24, 2.45) is 0 Å². The zero-order valence-corrected chi connectivity index (χ0v) is 10.3. The van der Waals surface area contributed by atoms with Gasteiger partial charge in [-0.15, -0.1) is 0 Å². The molecule has 1 atom stereocenters. The van der Waals surface area contributed by atoms with Crippen LogP contribution in [0.15, 0.2) is 18.2 Å². The van der Waals surface area contributed by atoms with Gasteiger partial charge in [-0.1, -0.05) is 0 Å². The molecule has 0 spiro atoms. The predicted octanol–water partition coefficient (Wildman–Crippen LogP) is 3.36. The summed E-state index contributed by atoms with van der Waals surface area (Å²) in [6.07, 6.45) is -5.42. The average molecular weight is 278 g/mol. The first-order valence-electron chi connectivity index (χ1n) is 5.38. The van der Waals surface area contributed by atoms with E-state index >= 15 is 0 Å². The molecule has 0 amide bonds. The lowest BCUT2D eigenvalue weighted by Gasteiger charge is -2.17. The van der Waals surface area contributed by atoms with E-state index in [0.717, 1.165) is 0 Å². The van der Waals surface area contributed by atoms with Crippen molar-refractivity contribution < 1.29 is 22.8 Å². The lowest BCUT2D eigenvalue weighted by molar-refractivity contribution is -0.384. The van der Waals surface area contributed by atoms with Crippen molar-refractivity contribution in [2.45, 2.75) is 25.6 Å². The molecule has 0 aliphatic carbocycles. The molecular weight excluding hydrogens is 265 g/mol. The van der Waals surface area contributed by atoms with Crippen molar-refractivity contribution in [3.05, 3.63) is 28.3 Å². The highest BCUT2D eigenvalue weighted by atomic mass is 19.4. The summed E-state index contributed by atoms with van der Waals surface area (Å²) in [5, 5.41) is 13.3. The monoisotopic (exact) mass is 278 g/mol. The molecule has 0 fully saturated rings. The molecule has 0 aliphatic heterocycles. The van der Waals surface area contributed by atoms with E-state index in [9.17, 15) is 23.3 Å². The minimum Gasteiger partial charge on any atom is -0.497 e. The minimum absolute atomic E-state index is 0.00102. The molecule has 0 saturated heterocycles. The number of nitrogens with one attached hydrogen (secondary N) is 1. The number of ether oxygens (including phenoxy) is 1. The van der Waals surface area contributed by atoms with Crippen molar-refractivity contribution in [2.75, 3.05) is 12.4 Å². The third kappa shape index (κ3) is 4.65. The number of nitrogens with zero attached hydrogens (tertiary/aromatic N) is 1. The zero-order valence-electron chi connectivity index (χ0n) is 10.3. The smallest absolute Gasteiger partial charge is 0.391 e. The number of nitro benzene ring substituents is 1. The van der Waals surface area contributed by atoms with Crippen LogP contribution in [-0.2, 0) is 0 Å². The van der Waals surface area contributed by atoms with E-state index in [0.29, 0.717) is 5.75 Å². The maximum atomic E-state index is 12.2. The van der Waals surface area contributed by atoms with E-state index in [1.807, 2.05) is 0 Å². The van der Waals surface area contributed by atoms with Gasteiger partial charge in [0.2, 0.25) is 0 Å². The van der Waals surface area contributed by atoms with Crippen molar-refractivity contribution in [3.8, 4) is 5.75 Å². The molecule has 0 radical (unpaired) electrons. The maximum absolute atomic E-state index is 12.2. The van der Waals surface area contributed by atoms with Crippen LogP contribution in [0.4, 0.5) is 24.5 Å². The molecule has 1 aromatic carbocycles. The molecule has 0 bridgehead atoms. The largest absolute Gasteiger partial charge is 0.497 e. The fourth-order valence-corrected chi connectivity index (χ4v) is 1.58. The second-order valence-corrected chi connectivity index (χ2v) is 4.00. The second-order valence-electron chi connectivity index (χ2n) is 4.00. The number of nitro groups is 1. The molecular formula is C11H13F3N2O3. The summed E-state index contributed by atoms with van der Waals surface area (Å²) < 4.78 is 41.5. The van der Waals surface area contributed by atoms with Crippen LogP contribution in [0.5, 0.6) is 5.75 Å². The fraction of sp³-hybridized carbons (Fsp3) is 0.455. The lowest BCUT2D eigenvalue weighted by Crippen LogP contribution is -2.24. The van der Waals surface area contributed by atoms with E-state index in [-0.39, 0.29) is 11.4 Å². The molecule has 0 aliphatic rings. The van der Waals surface area contributed by atoms with Crippen LogP contribution in [0.3, 0.4) is 0 Å². The van der Waals surface area contributed by atoms with E-state index in [1.165, 1.54) is 32.2 Å². The Bertz CT molecular complexity index is 463. The van der Waals surface area contributed by atoms with Gasteiger partial charge in [-0.25, -0.2) is 0 Å². The van der Waals surface area contributed by atoms with Gasteiger partial charge in [-0.05, 0) is 13.0 Å². The summed E-state index contributed by atoms with van der Waals surface area (Å²) in [6.45, 7) is 1.30. The van der Waals surface area contributed by atoms with Crippen LogP contribution in [0, 0.1) is 10.1 Å². The van der Waals surface area contributed by atoms with E-state index in [1.54, 1.807) is 0 Å². The number of benzene rings is 1. The van der Waals surface area contributed by atoms with Crippen LogP contribution in [0.2, 0.25) is 0 Å². The highest BCUT2D eigenvalue weighted by Crippen LogP contribution is 2.31. The molecule has 0 saturated carbocycles. The molecule has 0 aromatic heterocycles. The summed E-state index contributed by atoms with van der Waals surface area (Å²) in [5.74, 6) is 0.326. The van der Waals surface area contributed by atoms with Gasteiger partial charge in [0.25, 0.3) is 5.69 Å². The molecule has 1 aromatic rings. The third-order valence-corrected chi connectivity index (χ3v) is 2.34. The second kappa shape index (κ2) is 5.77.